The molecule has 1 amide bonds. The number of rotatable bonds is 5. The number of carbonyl (C=O) groups excluding carboxylic acids is 1. The summed E-state index contributed by atoms with van der Waals surface area (Å²) in [5.41, 5.74) is 6.83. The molecular formula is C20H24ClN5O. The maximum atomic E-state index is 12.9. The van der Waals surface area contributed by atoms with E-state index in [1.54, 1.807) is 12.3 Å². The van der Waals surface area contributed by atoms with Crippen molar-refractivity contribution in [2.75, 3.05) is 25.9 Å². The maximum Gasteiger partial charge on any atom is 0.226 e. The fourth-order valence-electron chi connectivity index (χ4n) is 3.97. The summed E-state index contributed by atoms with van der Waals surface area (Å²) in [6.07, 6.45) is 3.54. The van der Waals surface area contributed by atoms with Crippen LogP contribution in [-0.2, 0) is 11.3 Å². The third kappa shape index (κ3) is 3.92. The van der Waals surface area contributed by atoms with Crippen LogP contribution in [0, 0.1) is 5.92 Å². The van der Waals surface area contributed by atoms with Crippen molar-refractivity contribution in [3.05, 3.63) is 52.9 Å². The number of nitrogen functional groups attached to an aromatic ring is 1. The third-order valence-electron chi connectivity index (χ3n) is 5.63. The summed E-state index contributed by atoms with van der Waals surface area (Å²) >= 11 is 6.29. The Morgan fingerprint density at radius 1 is 1.37 bits per heavy atom. The lowest BCUT2D eigenvalue weighted by Crippen LogP contribution is -2.37. The Morgan fingerprint density at radius 3 is 2.96 bits per heavy atom. The monoisotopic (exact) mass is 385 g/mol. The molecule has 2 heterocycles. The summed E-state index contributed by atoms with van der Waals surface area (Å²) in [6.45, 7) is 2.18. The van der Waals surface area contributed by atoms with Gasteiger partial charge >= 0.3 is 0 Å². The van der Waals surface area contributed by atoms with Crippen LogP contribution in [0.15, 0.2) is 36.5 Å². The van der Waals surface area contributed by atoms with E-state index in [0.717, 1.165) is 36.5 Å². The van der Waals surface area contributed by atoms with Gasteiger partial charge in [0.1, 0.15) is 11.6 Å². The van der Waals surface area contributed by atoms with Crippen LogP contribution in [0.2, 0.25) is 5.02 Å². The Labute approximate surface area is 164 Å². The zero-order valence-electron chi connectivity index (χ0n) is 15.4. The Morgan fingerprint density at radius 2 is 2.19 bits per heavy atom. The lowest BCUT2D eigenvalue weighted by molar-refractivity contribution is -0.131. The van der Waals surface area contributed by atoms with Gasteiger partial charge in [-0.25, -0.2) is 9.97 Å². The number of likely N-dealkylation sites (tertiary alicyclic amines) is 1. The average Bonchev–Trinajstić information content (AvgIpc) is 3.28. The molecule has 0 spiro atoms. The molecule has 1 aliphatic carbocycles. The Kier molecular flexibility index (Phi) is 5.02. The van der Waals surface area contributed by atoms with Crippen LogP contribution in [0.1, 0.15) is 30.1 Å². The fourth-order valence-corrected chi connectivity index (χ4v) is 4.24. The van der Waals surface area contributed by atoms with E-state index >= 15 is 0 Å². The first-order valence-corrected chi connectivity index (χ1v) is 9.71. The number of halogens is 1. The summed E-state index contributed by atoms with van der Waals surface area (Å²) in [6, 6.07) is 9.85. The van der Waals surface area contributed by atoms with Gasteiger partial charge in [-0.05, 0) is 43.5 Å². The van der Waals surface area contributed by atoms with E-state index in [1.165, 1.54) is 0 Å². The molecule has 1 saturated carbocycles. The number of anilines is 1. The number of likely N-dealkylation sites (N-methyl/N-ethyl adjacent to an activating group) is 1. The van der Waals surface area contributed by atoms with Gasteiger partial charge in [0.15, 0.2) is 0 Å². The first-order valence-electron chi connectivity index (χ1n) is 9.34. The molecule has 2 N–H and O–H groups in total. The normalized spacial score (nSPS) is 24.4. The molecule has 3 atom stereocenters. The van der Waals surface area contributed by atoms with Crippen LogP contribution in [-0.4, -0.2) is 51.9 Å². The SMILES string of the molecule is CN(Cc1nccc(N)n1)C1CCN(C(=O)C2CC2c2ccccc2Cl)C1. The summed E-state index contributed by atoms with van der Waals surface area (Å²) in [7, 11) is 2.05. The van der Waals surface area contributed by atoms with Crippen LogP contribution in [0.4, 0.5) is 5.82 Å². The molecule has 2 aromatic rings. The second-order valence-corrected chi connectivity index (χ2v) is 7.92. The largest absolute Gasteiger partial charge is 0.384 e. The van der Waals surface area contributed by atoms with Gasteiger partial charge in [-0.15, -0.1) is 0 Å². The average molecular weight is 386 g/mol. The first-order chi connectivity index (χ1) is 13.0. The highest BCUT2D eigenvalue weighted by Gasteiger charge is 2.47. The molecule has 1 aliphatic heterocycles. The van der Waals surface area contributed by atoms with Crippen LogP contribution < -0.4 is 5.73 Å². The molecule has 0 radical (unpaired) electrons. The lowest BCUT2D eigenvalue weighted by Gasteiger charge is -2.24. The molecule has 2 aliphatic rings. The number of nitrogens with two attached hydrogens (primary N) is 1. The number of hydrogen-bond donors (Lipinski definition) is 1. The highest BCUT2D eigenvalue weighted by molar-refractivity contribution is 6.31. The minimum atomic E-state index is 0.0752. The van der Waals surface area contributed by atoms with Crippen LogP contribution in [0.3, 0.4) is 0 Å². The molecule has 6 nitrogen and oxygen atoms in total. The van der Waals surface area contributed by atoms with Gasteiger partial charge in [-0.2, -0.15) is 0 Å². The number of carbonyl (C=O) groups is 1. The van der Waals surface area contributed by atoms with Gasteiger partial charge in [-0.1, -0.05) is 29.8 Å². The highest BCUT2D eigenvalue weighted by Crippen LogP contribution is 2.50. The predicted molar refractivity (Wildman–Crippen MR) is 105 cm³/mol. The lowest BCUT2D eigenvalue weighted by atomic mass is 10.1. The van der Waals surface area contributed by atoms with E-state index in [2.05, 4.69) is 21.9 Å². The van der Waals surface area contributed by atoms with Gasteiger partial charge < -0.3 is 10.6 Å². The van der Waals surface area contributed by atoms with Crippen molar-refractivity contribution in [1.29, 1.82) is 0 Å². The number of benzene rings is 1. The Hall–Kier alpha value is -2.18. The van der Waals surface area contributed by atoms with Crippen molar-refractivity contribution in [2.45, 2.75) is 31.3 Å². The zero-order chi connectivity index (χ0) is 19.0. The number of amides is 1. The summed E-state index contributed by atoms with van der Waals surface area (Å²) in [5, 5.41) is 0.763. The molecule has 7 heteroatoms. The minimum Gasteiger partial charge on any atom is -0.384 e. The predicted octanol–water partition coefficient (Wildman–Crippen LogP) is 2.55. The van der Waals surface area contributed by atoms with E-state index in [0.29, 0.717) is 24.2 Å². The molecule has 27 heavy (non-hydrogen) atoms. The quantitative estimate of drug-likeness (QED) is 0.856. The molecule has 142 valence electrons. The second-order valence-electron chi connectivity index (χ2n) is 7.51. The zero-order valence-corrected chi connectivity index (χ0v) is 16.1. The smallest absolute Gasteiger partial charge is 0.226 e. The molecule has 3 unspecified atom stereocenters. The number of nitrogens with zero attached hydrogens (tertiary/aromatic N) is 4. The van der Waals surface area contributed by atoms with E-state index in [-0.39, 0.29) is 17.7 Å². The summed E-state index contributed by atoms with van der Waals surface area (Å²) in [5.74, 6) is 1.80. The molecule has 1 saturated heterocycles. The highest BCUT2D eigenvalue weighted by atomic mass is 35.5. The molecule has 4 rings (SSSR count). The van der Waals surface area contributed by atoms with Crippen molar-refractivity contribution >= 4 is 23.3 Å². The number of aromatic nitrogens is 2. The van der Waals surface area contributed by atoms with Gasteiger partial charge in [0.05, 0.1) is 6.54 Å². The van der Waals surface area contributed by atoms with Crippen molar-refractivity contribution in [3.8, 4) is 0 Å². The molecule has 1 aromatic carbocycles. The molecular weight excluding hydrogens is 362 g/mol. The third-order valence-corrected chi connectivity index (χ3v) is 5.97. The topological polar surface area (TPSA) is 75.4 Å². The minimum absolute atomic E-state index is 0.0752. The summed E-state index contributed by atoms with van der Waals surface area (Å²) in [4.78, 5) is 25.6. The van der Waals surface area contributed by atoms with E-state index in [9.17, 15) is 4.79 Å². The van der Waals surface area contributed by atoms with Crippen LogP contribution in [0.5, 0.6) is 0 Å². The van der Waals surface area contributed by atoms with Crippen LogP contribution >= 0.6 is 11.6 Å². The van der Waals surface area contributed by atoms with E-state index < -0.39 is 0 Å². The fraction of sp³-hybridized carbons (Fsp3) is 0.450. The molecule has 1 aromatic heterocycles. The van der Waals surface area contributed by atoms with Crippen LogP contribution in [0.25, 0.3) is 0 Å². The molecule has 2 fully saturated rings. The van der Waals surface area contributed by atoms with Crippen molar-refractivity contribution in [1.82, 2.24) is 19.8 Å². The van der Waals surface area contributed by atoms with E-state index in [1.807, 2.05) is 29.2 Å². The standard InChI is InChI=1S/C20H24ClN5O/c1-25(12-19-23-8-6-18(22)24-19)13-7-9-26(11-13)20(27)16-10-15(16)14-4-2-3-5-17(14)21/h2-6,8,13,15-16H,7,9-12H2,1H3,(H2,22,23,24). The second kappa shape index (κ2) is 7.44. The van der Waals surface area contributed by atoms with Crippen molar-refractivity contribution in [2.24, 2.45) is 5.92 Å². The van der Waals surface area contributed by atoms with Crippen molar-refractivity contribution < 1.29 is 4.79 Å². The van der Waals surface area contributed by atoms with Crippen molar-refractivity contribution in [3.63, 3.8) is 0 Å². The Balaban J connectivity index is 1.33. The summed E-state index contributed by atoms with van der Waals surface area (Å²) < 4.78 is 0. The van der Waals surface area contributed by atoms with Gasteiger partial charge in [0, 0.05) is 36.3 Å². The number of hydrogen-bond acceptors (Lipinski definition) is 5. The van der Waals surface area contributed by atoms with Gasteiger partial charge in [0.2, 0.25) is 5.91 Å². The molecule has 0 bridgehead atoms. The maximum absolute atomic E-state index is 12.9. The van der Waals surface area contributed by atoms with Gasteiger partial charge in [0.25, 0.3) is 0 Å². The van der Waals surface area contributed by atoms with E-state index in [4.69, 9.17) is 17.3 Å². The first kappa shape index (κ1) is 18.2. The van der Waals surface area contributed by atoms with Gasteiger partial charge in [-0.3, -0.25) is 9.69 Å². The Bertz CT molecular complexity index is 845.